The van der Waals surface area contributed by atoms with E-state index in [2.05, 4.69) is 33.7 Å². The van der Waals surface area contributed by atoms with Gasteiger partial charge in [-0.25, -0.2) is 18.7 Å². The van der Waals surface area contributed by atoms with Gasteiger partial charge in [0, 0.05) is 44.2 Å². The van der Waals surface area contributed by atoms with Gasteiger partial charge in [-0.05, 0) is 50.0 Å². The zero-order valence-corrected chi connectivity index (χ0v) is 20.6. The summed E-state index contributed by atoms with van der Waals surface area (Å²) >= 11 is 0. The van der Waals surface area contributed by atoms with Crippen LogP contribution in [-0.2, 0) is 6.42 Å². The number of hydrogen-bond acceptors (Lipinski definition) is 5. The van der Waals surface area contributed by atoms with Crippen LogP contribution in [0.15, 0.2) is 37.2 Å². The van der Waals surface area contributed by atoms with Gasteiger partial charge in [0.1, 0.15) is 22.9 Å². The van der Waals surface area contributed by atoms with Gasteiger partial charge in [-0.3, -0.25) is 4.79 Å². The van der Waals surface area contributed by atoms with E-state index < -0.39 is 23.1 Å². The first-order valence-electron chi connectivity index (χ1n) is 12.6. The molecule has 1 aromatic heterocycles. The molecule has 1 N–H and O–H groups in total. The van der Waals surface area contributed by atoms with E-state index in [1.807, 2.05) is 12.4 Å². The summed E-state index contributed by atoms with van der Waals surface area (Å²) in [6.07, 6.45) is 13.9. The molecule has 0 saturated carbocycles. The van der Waals surface area contributed by atoms with Crippen LogP contribution in [0.2, 0.25) is 0 Å². The molecule has 0 bridgehead atoms. The Hall–Kier alpha value is -3.03. The maximum absolute atomic E-state index is 14.2. The molecule has 3 rings (SSSR count). The van der Waals surface area contributed by atoms with Crippen molar-refractivity contribution in [2.45, 2.75) is 58.3 Å². The Labute approximate surface area is 206 Å². The van der Waals surface area contributed by atoms with Crippen molar-refractivity contribution in [1.29, 1.82) is 0 Å². The number of amides is 1. The predicted molar refractivity (Wildman–Crippen MR) is 134 cm³/mol. The SMILES string of the molecule is C=CCNC(=O)c1c(F)cc(OCCCC2CCN(c3ncc(CCCCC)cn3)CC2)cc1F. The van der Waals surface area contributed by atoms with Crippen molar-refractivity contribution in [3.05, 3.63) is 59.9 Å². The standard InChI is InChI=1S/C27H36F2N4O2/c1-3-5-6-8-21-18-31-27(32-19-21)33-13-10-20(11-14-33)9-7-15-35-22-16-23(28)25(24(29)17-22)26(34)30-12-4-2/h4,16-20H,2-3,5-15H2,1H3,(H,30,34). The molecule has 0 unspecified atom stereocenters. The highest BCUT2D eigenvalue weighted by molar-refractivity contribution is 5.95. The summed E-state index contributed by atoms with van der Waals surface area (Å²) in [5.74, 6) is -1.23. The molecule has 190 valence electrons. The topological polar surface area (TPSA) is 67.3 Å². The second-order valence-corrected chi connectivity index (χ2v) is 9.03. The van der Waals surface area contributed by atoms with Gasteiger partial charge in [-0.15, -0.1) is 6.58 Å². The van der Waals surface area contributed by atoms with Crippen LogP contribution in [0.25, 0.3) is 0 Å². The van der Waals surface area contributed by atoms with Crippen LogP contribution in [0.5, 0.6) is 5.75 Å². The number of piperidine rings is 1. The maximum atomic E-state index is 14.2. The molecular formula is C27H36F2N4O2. The summed E-state index contributed by atoms with van der Waals surface area (Å²) in [6.45, 7) is 8.01. The quantitative estimate of drug-likeness (QED) is 0.300. The Kier molecular flexibility index (Phi) is 10.4. The van der Waals surface area contributed by atoms with Gasteiger partial charge in [0.05, 0.1) is 6.61 Å². The number of hydrogen-bond donors (Lipinski definition) is 1. The van der Waals surface area contributed by atoms with Crippen LogP contribution in [0.1, 0.15) is 67.8 Å². The molecule has 0 atom stereocenters. The Balaban J connectivity index is 1.38. The van der Waals surface area contributed by atoms with Crippen LogP contribution in [0.4, 0.5) is 14.7 Å². The van der Waals surface area contributed by atoms with E-state index in [4.69, 9.17) is 4.74 Å². The van der Waals surface area contributed by atoms with Crippen molar-refractivity contribution in [2.24, 2.45) is 5.92 Å². The first-order chi connectivity index (χ1) is 17.0. The highest BCUT2D eigenvalue weighted by Gasteiger charge is 2.21. The molecule has 0 radical (unpaired) electrons. The van der Waals surface area contributed by atoms with Crippen molar-refractivity contribution < 1.29 is 18.3 Å². The average Bonchev–Trinajstić information content (AvgIpc) is 2.86. The number of nitrogens with zero attached hydrogens (tertiary/aromatic N) is 3. The number of carbonyl (C=O) groups excluding carboxylic acids is 1. The number of aromatic nitrogens is 2. The molecule has 6 nitrogen and oxygen atoms in total. The highest BCUT2D eigenvalue weighted by atomic mass is 19.1. The van der Waals surface area contributed by atoms with Crippen LogP contribution >= 0.6 is 0 Å². The third-order valence-electron chi connectivity index (χ3n) is 6.33. The molecule has 0 aliphatic carbocycles. The molecule has 1 fully saturated rings. The van der Waals surface area contributed by atoms with Crippen molar-refractivity contribution >= 4 is 11.9 Å². The van der Waals surface area contributed by atoms with Crippen molar-refractivity contribution in [2.75, 3.05) is 31.1 Å². The van der Waals surface area contributed by atoms with Crippen LogP contribution in [0, 0.1) is 17.6 Å². The second-order valence-electron chi connectivity index (χ2n) is 9.03. The Morgan fingerprint density at radius 2 is 1.86 bits per heavy atom. The highest BCUT2D eigenvalue weighted by Crippen LogP contribution is 2.25. The third-order valence-corrected chi connectivity index (χ3v) is 6.33. The number of rotatable bonds is 13. The van der Waals surface area contributed by atoms with Crippen LogP contribution < -0.4 is 15.0 Å². The zero-order valence-electron chi connectivity index (χ0n) is 20.6. The van der Waals surface area contributed by atoms with E-state index in [0.717, 1.165) is 63.3 Å². The minimum absolute atomic E-state index is 0.0883. The van der Waals surface area contributed by atoms with Crippen molar-refractivity contribution in [3.63, 3.8) is 0 Å². The molecule has 35 heavy (non-hydrogen) atoms. The van der Waals surface area contributed by atoms with Gasteiger partial charge in [0.15, 0.2) is 0 Å². The lowest BCUT2D eigenvalue weighted by molar-refractivity contribution is 0.0949. The van der Waals surface area contributed by atoms with Gasteiger partial charge >= 0.3 is 0 Å². The molecule has 0 spiro atoms. The molecular weight excluding hydrogens is 450 g/mol. The summed E-state index contributed by atoms with van der Waals surface area (Å²) in [7, 11) is 0. The maximum Gasteiger partial charge on any atom is 0.257 e. The number of unbranched alkanes of at least 4 members (excludes halogenated alkanes) is 2. The van der Waals surface area contributed by atoms with E-state index in [-0.39, 0.29) is 12.3 Å². The summed E-state index contributed by atoms with van der Waals surface area (Å²) in [4.78, 5) is 23.2. The van der Waals surface area contributed by atoms with E-state index in [9.17, 15) is 13.6 Å². The normalized spacial score (nSPS) is 14.1. The zero-order chi connectivity index (χ0) is 25.0. The molecule has 1 aliphatic heterocycles. The number of halogens is 2. The average molecular weight is 487 g/mol. The molecule has 1 saturated heterocycles. The van der Waals surface area contributed by atoms with Crippen molar-refractivity contribution in [1.82, 2.24) is 15.3 Å². The minimum atomic E-state index is -0.940. The van der Waals surface area contributed by atoms with E-state index >= 15 is 0 Å². The summed E-state index contributed by atoms with van der Waals surface area (Å²) in [5, 5.41) is 2.37. The van der Waals surface area contributed by atoms with Crippen molar-refractivity contribution in [3.8, 4) is 5.75 Å². The molecule has 1 amide bonds. The lowest BCUT2D eigenvalue weighted by Gasteiger charge is -2.32. The number of benzene rings is 1. The van der Waals surface area contributed by atoms with E-state index in [0.29, 0.717) is 12.5 Å². The lowest BCUT2D eigenvalue weighted by atomic mass is 9.92. The monoisotopic (exact) mass is 486 g/mol. The molecule has 2 aromatic rings. The molecule has 8 heteroatoms. The Bertz CT molecular complexity index is 937. The fraction of sp³-hybridized carbons (Fsp3) is 0.519. The summed E-state index contributed by atoms with van der Waals surface area (Å²) in [6, 6.07) is 2.11. The number of ether oxygens (including phenoxy) is 1. The summed E-state index contributed by atoms with van der Waals surface area (Å²) < 4.78 is 34.0. The van der Waals surface area contributed by atoms with Gasteiger partial charge in [0.25, 0.3) is 5.91 Å². The van der Waals surface area contributed by atoms with Gasteiger partial charge < -0.3 is 15.0 Å². The first kappa shape index (κ1) is 26.6. The van der Waals surface area contributed by atoms with Gasteiger partial charge in [-0.1, -0.05) is 25.8 Å². The van der Waals surface area contributed by atoms with Crippen LogP contribution in [-0.4, -0.2) is 42.1 Å². The first-order valence-corrected chi connectivity index (χ1v) is 12.6. The fourth-order valence-electron chi connectivity index (χ4n) is 4.31. The number of carbonyl (C=O) groups is 1. The summed E-state index contributed by atoms with van der Waals surface area (Å²) in [5.41, 5.74) is 0.587. The Morgan fingerprint density at radius 3 is 2.49 bits per heavy atom. The van der Waals surface area contributed by atoms with Gasteiger partial charge in [0.2, 0.25) is 5.95 Å². The number of nitrogens with one attached hydrogen (secondary N) is 1. The lowest BCUT2D eigenvalue weighted by Crippen LogP contribution is -2.35. The largest absolute Gasteiger partial charge is 0.493 e. The minimum Gasteiger partial charge on any atom is -0.493 e. The van der Waals surface area contributed by atoms with Crippen LogP contribution in [0.3, 0.4) is 0 Å². The van der Waals surface area contributed by atoms with E-state index in [1.165, 1.54) is 30.9 Å². The third kappa shape index (κ3) is 8.01. The smallest absolute Gasteiger partial charge is 0.257 e. The second kappa shape index (κ2) is 13.8. The predicted octanol–water partition coefficient (Wildman–Crippen LogP) is 5.48. The number of aryl methyl sites for hydroxylation is 1. The number of anilines is 1. The Morgan fingerprint density at radius 1 is 1.17 bits per heavy atom. The van der Waals surface area contributed by atoms with E-state index in [1.54, 1.807) is 0 Å². The fourth-order valence-corrected chi connectivity index (χ4v) is 4.31. The van der Waals surface area contributed by atoms with Gasteiger partial charge in [-0.2, -0.15) is 0 Å². The molecule has 1 aromatic carbocycles. The molecule has 1 aliphatic rings. The molecule has 2 heterocycles.